The first-order valence-electron chi connectivity index (χ1n) is 11.0. The Labute approximate surface area is 191 Å². The van der Waals surface area contributed by atoms with Gasteiger partial charge >= 0.3 is 13.2 Å². The molecule has 1 aromatic carbocycles. The molecule has 2 heterocycles. The highest BCUT2D eigenvalue weighted by Gasteiger charge is 2.51. The van der Waals surface area contributed by atoms with Crippen molar-refractivity contribution in [2.24, 2.45) is 0 Å². The van der Waals surface area contributed by atoms with Crippen molar-refractivity contribution in [2.45, 2.75) is 65.3 Å². The molecule has 2 amide bonds. The van der Waals surface area contributed by atoms with Gasteiger partial charge in [-0.3, -0.25) is 4.79 Å². The summed E-state index contributed by atoms with van der Waals surface area (Å²) >= 11 is 0. The molecule has 0 aromatic heterocycles. The minimum Gasteiger partial charge on any atom is -0.496 e. The van der Waals surface area contributed by atoms with Gasteiger partial charge in [0, 0.05) is 26.2 Å². The molecule has 0 N–H and O–H groups in total. The number of methoxy groups -OCH3 is 1. The van der Waals surface area contributed by atoms with E-state index in [1.54, 1.807) is 29.0 Å². The summed E-state index contributed by atoms with van der Waals surface area (Å²) in [5, 5.41) is 0. The predicted octanol–water partition coefficient (Wildman–Crippen LogP) is 2.69. The maximum absolute atomic E-state index is 13.2. The van der Waals surface area contributed by atoms with Crippen LogP contribution in [0.1, 0.15) is 58.8 Å². The van der Waals surface area contributed by atoms with Crippen LogP contribution in [0.3, 0.4) is 0 Å². The number of rotatable bonds is 3. The van der Waals surface area contributed by atoms with E-state index >= 15 is 0 Å². The van der Waals surface area contributed by atoms with Crippen molar-refractivity contribution >= 4 is 24.6 Å². The van der Waals surface area contributed by atoms with Crippen molar-refractivity contribution in [1.29, 1.82) is 0 Å². The van der Waals surface area contributed by atoms with E-state index in [4.69, 9.17) is 18.8 Å². The molecule has 2 aliphatic rings. The van der Waals surface area contributed by atoms with Crippen LogP contribution in [-0.4, -0.2) is 79.0 Å². The van der Waals surface area contributed by atoms with Crippen molar-refractivity contribution in [3.63, 3.8) is 0 Å². The third-order valence-corrected chi connectivity index (χ3v) is 6.20. The van der Waals surface area contributed by atoms with Gasteiger partial charge in [0.2, 0.25) is 0 Å². The second-order valence-corrected chi connectivity index (χ2v) is 10.3. The van der Waals surface area contributed by atoms with Crippen molar-refractivity contribution in [3.05, 3.63) is 23.8 Å². The lowest BCUT2D eigenvalue weighted by atomic mass is 9.78. The number of hydrogen-bond donors (Lipinski definition) is 0. The Morgan fingerprint density at radius 3 is 2.00 bits per heavy atom. The second-order valence-electron chi connectivity index (χ2n) is 10.3. The Morgan fingerprint density at radius 1 is 0.969 bits per heavy atom. The van der Waals surface area contributed by atoms with Crippen molar-refractivity contribution in [2.75, 3.05) is 33.3 Å². The number of nitrogens with zero attached hydrogens (tertiary/aromatic N) is 2. The smallest absolute Gasteiger partial charge is 0.494 e. The SMILES string of the molecule is COc1cc(B2OC(C)(C)C(C)(C)O2)ccc1C(=O)N1CCN(C(=O)OC(C)(C)C)CC1. The van der Waals surface area contributed by atoms with E-state index in [-0.39, 0.29) is 12.0 Å². The Hall–Kier alpha value is -2.26. The molecule has 2 saturated heterocycles. The molecule has 176 valence electrons. The molecule has 0 bridgehead atoms. The van der Waals surface area contributed by atoms with Gasteiger partial charge in [0.1, 0.15) is 11.4 Å². The molecule has 2 aliphatic heterocycles. The zero-order valence-corrected chi connectivity index (χ0v) is 20.5. The van der Waals surface area contributed by atoms with Crippen LogP contribution in [-0.2, 0) is 14.0 Å². The van der Waals surface area contributed by atoms with Gasteiger partial charge in [-0.05, 0) is 66.1 Å². The summed E-state index contributed by atoms with van der Waals surface area (Å²) in [4.78, 5) is 28.8. The lowest BCUT2D eigenvalue weighted by Crippen LogP contribution is -2.51. The van der Waals surface area contributed by atoms with E-state index in [9.17, 15) is 9.59 Å². The first-order chi connectivity index (χ1) is 14.7. The zero-order chi connectivity index (χ0) is 23.9. The largest absolute Gasteiger partial charge is 0.496 e. The average molecular weight is 446 g/mol. The van der Waals surface area contributed by atoms with Gasteiger partial charge in [0.25, 0.3) is 5.91 Å². The van der Waals surface area contributed by atoms with E-state index < -0.39 is 23.9 Å². The molecule has 1 aromatic rings. The van der Waals surface area contributed by atoms with Crippen LogP contribution in [0.5, 0.6) is 5.75 Å². The van der Waals surface area contributed by atoms with Crippen molar-refractivity contribution in [3.8, 4) is 5.75 Å². The molecule has 9 heteroatoms. The van der Waals surface area contributed by atoms with Gasteiger partial charge in [0.05, 0.1) is 23.9 Å². The molecule has 0 unspecified atom stereocenters. The van der Waals surface area contributed by atoms with Crippen LogP contribution in [0.4, 0.5) is 4.79 Å². The highest BCUT2D eigenvalue weighted by Crippen LogP contribution is 2.36. The molecular formula is C23H35BN2O6. The Bertz CT molecular complexity index is 856. The number of piperazine rings is 1. The monoisotopic (exact) mass is 446 g/mol. The van der Waals surface area contributed by atoms with Gasteiger partial charge in [-0.1, -0.05) is 6.07 Å². The maximum Gasteiger partial charge on any atom is 0.494 e. The molecule has 3 rings (SSSR count). The molecule has 0 saturated carbocycles. The van der Waals surface area contributed by atoms with E-state index in [1.807, 2.05) is 54.5 Å². The minimum absolute atomic E-state index is 0.133. The topological polar surface area (TPSA) is 77.5 Å². The summed E-state index contributed by atoms with van der Waals surface area (Å²) in [6.45, 7) is 15.2. The van der Waals surface area contributed by atoms with Crippen LogP contribution in [0, 0.1) is 0 Å². The third-order valence-electron chi connectivity index (χ3n) is 6.20. The second kappa shape index (κ2) is 8.59. The highest BCUT2D eigenvalue weighted by atomic mass is 16.7. The predicted molar refractivity (Wildman–Crippen MR) is 122 cm³/mol. The number of ether oxygens (including phenoxy) is 2. The lowest BCUT2D eigenvalue weighted by molar-refractivity contribution is 0.00578. The van der Waals surface area contributed by atoms with E-state index in [0.29, 0.717) is 37.5 Å². The summed E-state index contributed by atoms with van der Waals surface area (Å²) < 4.78 is 23.2. The van der Waals surface area contributed by atoms with Crippen molar-refractivity contribution in [1.82, 2.24) is 9.80 Å². The summed E-state index contributed by atoms with van der Waals surface area (Å²) in [7, 11) is 1.01. The molecule has 2 fully saturated rings. The Balaban J connectivity index is 1.68. The van der Waals surface area contributed by atoms with Crippen LogP contribution in [0.2, 0.25) is 0 Å². The van der Waals surface area contributed by atoms with E-state index in [2.05, 4.69) is 0 Å². The molecule has 0 aliphatic carbocycles. The highest BCUT2D eigenvalue weighted by molar-refractivity contribution is 6.62. The van der Waals surface area contributed by atoms with Gasteiger partial charge in [-0.25, -0.2) is 4.79 Å². The summed E-state index contributed by atoms with van der Waals surface area (Å²) in [6.07, 6.45) is -0.353. The fourth-order valence-corrected chi connectivity index (χ4v) is 3.60. The number of amides is 2. The third kappa shape index (κ3) is 5.04. The van der Waals surface area contributed by atoms with Crippen LogP contribution >= 0.6 is 0 Å². The summed E-state index contributed by atoms with van der Waals surface area (Å²) in [5.41, 5.74) is -0.179. The minimum atomic E-state index is -0.545. The number of benzene rings is 1. The zero-order valence-electron chi connectivity index (χ0n) is 20.5. The lowest BCUT2D eigenvalue weighted by Gasteiger charge is -2.35. The van der Waals surface area contributed by atoms with Crippen LogP contribution in [0.25, 0.3) is 0 Å². The van der Waals surface area contributed by atoms with Gasteiger partial charge in [-0.2, -0.15) is 0 Å². The van der Waals surface area contributed by atoms with E-state index in [1.165, 1.54) is 0 Å². The number of hydrogen-bond acceptors (Lipinski definition) is 6. The molecule has 8 nitrogen and oxygen atoms in total. The quantitative estimate of drug-likeness (QED) is 0.665. The summed E-state index contributed by atoms with van der Waals surface area (Å²) in [5.74, 6) is 0.336. The van der Waals surface area contributed by atoms with Gasteiger partial charge in [0.15, 0.2) is 0 Å². The first kappa shape index (κ1) is 24.4. The summed E-state index contributed by atoms with van der Waals surface area (Å²) in [6, 6.07) is 5.39. The maximum atomic E-state index is 13.2. The van der Waals surface area contributed by atoms with Crippen LogP contribution in [0.15, 0.2) is 18.2 Å². The molecular weight excluding hydrogens is 411 g/mol. The number of carbonyl (C=O) groups is 2. The average Bonchev–Trinajstić information content (AvgIpc) is 2.93. The molecule has 0 atom stereocenters. The standard InChI is InChI=1S/C23H35BN2O6/c1-21(2,3)30-20(28)26-13-11-25(12-14-26)19(27)17-10-9-16(15-18(17)29-8)24-31-22(4,5)23(6,7)32-24/h9-10,15H,11-14H2,1-8H3. The fraction of sp³-hybridized carbons (Fsp3) is 0.652. The van der Waals surface area contributed by atoms with Crippen molar-refractivity contribution < 1.29 is 28.4 Å². The Kier molecular flexibility index (Phi) is 6.55. The Morgan fingerprint density at radius 2 is 1.50 bits per heavy atom. The van der Waals surface area contributed by atoms with Crippen LogP contribution < -0.4 is 10.2 Å². The first-order valence-corrected chi connectivity index (χ1v) is 11.0. The van der Waals surface area contributed by atoms with Gasteiger partial charge in [-0.15, -0.1) is 0 Å². The molecule has 32 heavy (non-hydrogen) atoms. The number of carbonyl (C=O) groups excluding carboxylic acids is 2. The molecule has 0 radical (unpaired) electrons. The normalized spacial score (nSPS) is 20.3. The fourth-order valence-electron chi connectivity index (χ4n) is 3.60. The van der Waals surface area contributed by atoms with Gasteiger partial charge < -0.3 is 28.6 Å². The molecule has 0 spiro atoms. The van der Waals surface area contributed by atoms with E-state index in [0.717, 1.165) is 5.46 Å².